The zero-order valence-electron chi connectivity index (χ0n) is 25.9. The van der Waals surface area contributed by atoms with E-state index in [1.54, 1.807) is 22.8 Å². The first-order valence-corrected chi connectivity index (χ1v) is 16.0. The molecule has 1 saturated carbocycles. The highest BCUT2D eigenvalue weighted by Gasteiger charge is 2.45. The minimum absolute atomic E-state index is 0.0680. The standard InChI is InChI=1S/C35H43F3N4O3/c1-3-9-27(10-4-2)41-19-20-42-29(15-16-30(42)33(41)45)32(44)40-28(21-24-11-6-5-7-12-24)31(43)23-39-34(17-18-34)25-13-8-14-26(22-25)35(36,37)38/h5-8,11-16,22,27-28,31,39,43H,3-4,9-10,17-21,23H2,1-2H3,(H,40,44)/t28-,31-/m0/s1. The fraction of sp³-hybridized carbons (Fsp3) is 0.486. The van der Waals surface area contributed by atoms with Crippen molar-refractivity contribution in [2.75, 3.05) is 13.1 Å². The number of nitrogens with one attached hydrogen (secondary N) is 2. The van der Waals surface area contributed by atoms with Gasteiger partial charge in [-0.1, -0.05) is 69.2 Å². The number of carbonyl (C=O) groups excluding carboxylic acids is 2. The number of halogens is 3. The molecule has 0 unspecified atom stereocenters. The molecule has 2 atom stereocenters. The van der Waals surface area contributed by atoms with Crippen LogP contribution in [0, 0.1) is 0 Å². The van der Waals surface area contributed by atoms with Crippen LogP contribution in [0.2, 0.25) is 0 Å². The van der Waals surface area contributed by atoms with Gasteiger partial charge in [-0.3, -0.25) is 9.59 Å². The van der Waals surface area contributed by atoms with Crippen molar-refractivity contribution >= 4 is 11.8 Å². The van der Waals surface area contributed by atoms with Crippen LogP contribution >= 0.6 is 0 Å². The molecule has 1 aliphatic heterocycles. The number of aliphatic hydroxyl groups excluding tert-OH is 1. The smallest absolute Gasteiger partial charge is 0.390 e. The maximum atomic E-state index is 13.7. The Hall–Kier alpha value is -3.63. The summed E-state index contributed by atoms with van der Waals surface area (Å²) >= 11 is 0. The molecule has 1 fully saturated rings. The van der Waals surface area contributed by atoms with Gasteiger partial charge in [0.15, 0.2) is 0 Å². The fourth-order valence-electron chi connectivity index (χ4n) is 6.54. The number of carbonyl (C=O) groups is 2. The van der Waals surface area contributed by atoms with E-state index < -0.39 is 29.4 Å². The van der Waals surface area contributed by atoms with Crippen LogP contribution in [0.5, 0.6) is 0 Å². The van der Waals surface area contributed by atoms with Crippen molar-refractivity contribution in [3.63, 3.8) is 0 Å². The van der Waals surface area contributed by atoms with Crippen molar-refractivity contribution < 1.29 is 27.9 Å². The topological polar surface area (TPSA) is 86.6 Å². The Morgan fingerprint density at radius 3 is 2.33 bits per heavy atom. The first-order chi connectivity index (χ1) is 21.6. The van der Waals surface area contributed by atoms with Crippen LogP contribution in [0.3, 0.4) is 0 Å². The minimum atomic E-state index is -4.44. The molecule has 3 N–H and O–H groups in total. The number of nitrogens with zero attached hydrogens (tertiary/aromatic N) is 2. The van der Waals surface area contributed by atoms with Gasteiger partial charge < -0.3 is 25.2 Å². The van der Waals surface area contributed by atoms with E-state index in [2.05, 4.69) is 24.5 Å². The Morgan fingerprint density at radius 2 is 1.69 bits per heavy atom. The van der Waals surface area contributed by atoms with E-state index in [0.29, 0.717) is 49.3 Å². The van der Waals surface area contributed by atoms with Crippen LogP contribution in [0.1, 0.15) is 90.0 Å². The molecule has 2 amide bonds. The monoisotopic (exact) mass is 624 g/mol. The summed E-state index contributed by atoms with van der Waals surface area (Å²) in [5.74, 6) is -0.457. The molecule has 0 saturated heterocycles. The second-order valence-electron chi connectivity index (χ2n) is 12.4. The Labute approximate surface area is 262 Å². The van der Waals surface area contributed by atoms with Gasteiger partial charge in [0.1, 0.15) is 11.4 Å². The zero-order chi connectivity index (χ0) is 32.2. The highest BCUT2D eigenvalue weighted by atomic mass is 19.4. The number of aromatic nitrogens is 1. The van der Waals surface area contributed by atoms with Gasteiger partial charge in [-0.15, -0.1) is 0 Å². The first-order valence-electron chi connectivity index (χ1n) is 16.0. The molecule has 2 heterocycles. The zero-order valence-corrected chi connectivity index (χ0v) is 25.9. The molecule has 1 aromatic heterocycles. The summed E-state index contributed by atoms with van der Waals surface area (Å²) in [7, 11) is 0. The van der Waals surface area contributed by atoms with E-state index in [-0.39, 0.29) is 24.4 Å². The van der Waals surface area contributed by atoms with Crippen LogP contribution in [0.4, 0.5) is 13.2 Å². The minimum Gasteiger partial charge on any atom is -0.390 e. The number of alkyl halides is 3. The molecule has 45 heavy (non-hydrogen) atoms. The van der Waals surface area contributed by atoms with Gasteiger partial charge >= 0.3 is 6.18 Å². The molecule has 3 aromatic rings. The predicted octanol–water partition coefficient (Wildman–Crippen LogP) is 5.91. The van der Waals surface area contributed by atoms with Gasteiger partial charge in [0.2, 0.25) is 0 Å². The summed E-state index contributed by atoms with van der Waals surface area (Å²) in [5, 5.41) is 17.7. The average molecular weight is 625 g/mol. The summed E-state index contributed by atoms with van der Waals surface area (Å²) in [6, 6.07) is 17.7. The van der Waals surface area contributed by atoms with Crippen molar-refractivity contribution in [1.29, 1.82) is 0 Å². The lowest BCUT2D eigenvalue weighted by atomic mass is 9.98. The van der Waals surface area contributed by atoms with E-state index in [4.69, 9.17) is 0 Å². The normalized spacial score (nSPS) is 17.2. The number of amides is 2. The molecule has 7 nitrogen and oxygen atoms in total. The molecule has 2 aliphatic rings. The Morgan fingerprint density at radius 1 is 0.978 bits per heavy atom. The lowest BCUT2D eigenvalue weighted by Gasteiger charge is -2.36. The van der Waals surface area contributed by atoms with Crippen molar-refractivity contribution in [2.24, 2.45) is 0 Å². The van der Waals surface area contributed by atoms with E-state index in [1.165, 1.54) is 12.1 Å². The van der Waals surface area contributed by atoms with Gasteiger partial charge in [-0.2, -0.15) is 13.2 Å². The Kier molecular flexibility index (Phi) is 10.0. The highest BCUT2D eigenvalue weighted by molar-refractivity contribution is 5.99. The van der Waals surface area contributed by atoms with Crippen molar-refractivity contribution in [2.45, 2.75) is 95.2 Å². The summed E-state index contributed by atoms with van der Waals surface area (Å²) in [6.07, 6.45) is 0.0333. The summed E-state index contributed by atoms with van der Waals surface area (Å²) in [4.78, 5) is 29.1. The first kappa shape index (κ1) is 32.8. The third-order valence-corrected chi connectivity index (χ3v) is 9.16. The van der Waals surface area contributed by atoms with Gasteiger partial charge in [0.05, 0.1) is 17.7 Å². The molecule has 1 aliphatic carbocycles. The molecule has 10 heteroatoms. The van der Waals surface area contributed by atoms with E-state index in [1.807, 2.05) is 35.2 Å². The van der Waals surface area contributed by atoms with Crippen molar-refractivity contribution in [1.82, 2.24) is 20.1 Å². The second-order valence-corrected chi connectivity index (χ2v) is 12.4. The molecule has 0 radical (unpaired) electrons. The van der Waals surface area contributed by atoms with Crippen LogP contribution in [-0.2, 0) is 24.7 Å². The number of hydrogen-bond donors (Lipinski definition) is 3. The van der Waals surface area contributed by atoms with Crippen molar-refractivity contribution in [3.8, 4) is 0 Å². The quantitative estimate of drug-likeness (QED) is 0.208. The SMILES string of the molecule is CCCC(CCC)N1CCn2c(C(=O)N[C@@H](Cc3ccccc3)[C@@H](O)CNC3(c4cccc(C(F)(F)F)c4)CC3)ccc2C1=O. The third kappa shape index (κ3) is 7.44. The summed E-state index contributed by atoms with van der Waals surface area (Å²) in [6.45, 7) is 5.35. The van der Waals surface area contributed by atoms with Crippen LogP contribution in [-0.4, -0.2) is 57.7 Å². The van der Waals surface area contributed by atoms with Gasteiger partial charge in [0.25, 0.3) is 11.8 Å². The molecular weight excluding hydrogens is 581 g/mol. The van der Waals surface area contributed by atoms with Gasteiger partial charge in [-0.25, -0.2) is 0 Å². The maximum Gasteiger partial charge on any atom is 0.416 e. The highest BCUT2D eigenvalue weighted by Crippen LogP contribution is 2.46. The Bertz CT molecular complexity index is 1460. The number of hydrogen-bond acceptors (Lipinski definition) is 4. The van der Waals surface area contributed by atoms with Gasteiger partial charge in [-0.05, 0) is 67.5 Å². The van der Waals surface area contributed by atoms with Crippen molar-refractivity contribution in [3.05, 3.63) is 94.8 Å². The molecule has 2 aromatic carbocycles. The van der Waals surface area contributed by atoms with Crippen LogP contribution in [0.15, 0.2) is 66.7 Å². The number of aliphatic hydroxyl groups is 1. The average Bonchev–Trinajstić information content (AvgIpc) is 3.69. The Balaban J connectivity index is 1.31. The lowest BCUT2D eigenvalue weighted by Crippen LogP contribution is -2.51. The molecule has 5 rings (SSSR count). The predicted molar refractivity (Wildman–Crippen MR) is 167 cm³/mol. The maximum absolute atomic E-state index is 13.7. The largest absolute Gasteiger partial charge is 0.416 e. The lowest BCUT2D eigenvalue weighted by molar-refractivity contribution is -0.137. The van der Waals surface area contributed by atoms with E-state index >= 15 is 0 Å². The fourth-order valence-corrected chi connectivity index (χ4v) is 6.54. The summed E-state index contributed by atoms with van der Waals surface area (Å²) < 4.78 is 41.8. The number of rotatable bonds is 14. The molecular formula is C35H43F3N4O3. The van der Waals surface area contributed by atoms with Crippen LogP contribution < -0.4 is 10.6 Å². The number of benzene rings is 2. The third-order valence-electron chi connectivity index (χ3n) is 9.16. The van der Waals surface area contributed by atoms with Crippen LogP contribution in [0.25, 0.3) is 0 Å². The van der Waals surface area contributed by atoms with E-state index in [0.717, 1.165) is 37.3 Å². The van der Waals surface area contributed by atoms with E-state index in [9.17, 15) is 27.9 Å². The number of fused-ring (bicyclic) bond motifs is 1. The summed E-state index contributed by atoms with van der Waals surface area (Å²) in [5.41, 5.74) is 0.951. The molecule has 0 spiro atoms. The second kappa shape index (κ2) is 13.8. The molecule has 242 valence electrons. The molecule has 0 bridgehead atoms. The van der Waals surface area contributed by atoms with Gasteiger partial charge in [0, 0.05) is 31.2 Å².